The van der Waals surface area contributed by atoms with Crippen molar-refractivity contribution in [2.24, 2.45) is 0 Å². The number of fused-ring (bicyclic) bond motifs is 10. The van der Waals surface area contributed by atoms with Crippen LogP contribution in [-0.2, 0) is 5.41 Å². The summed E-state index contributed by atoms with van der Waals surface area (Å²) in [6, 6.07) is 50.0. The lowest BCUT2D eigenvalue weighted by molar-refractivity contribution is 0.794. The average Bonchev–Trinajstić information content (AvgIpc) is 3.60. The molecule has 1 spiro atoms. The van der Waals surface area contributed by atoms with Crippen LogP contribution in [0.3, 0.4) is 0 Å². The lowest BCUT2D eigenvalue weighted by Crippen LogP contribution is -2.26. The van der Waals surface area contributed by atoms with Gasteiger partial charge in [-0.05, 0) is 115 Å². The Morgan fingerprint density at radius 1 is 0.426 bits per heavy atom. The second-order valence-electron chi connectivity index (χ2n) is 12.4. The lowest BCUT2D eigenvalue weighted by atomic mass is 9.70. The monoisotopic (exact) mass is 600 g/mol. The molecule has 0 aromatic heterocycles. The molecule has 0 saturated carbocycles. The average molecular weight is 601 g/mol. The summed E-state index contributed by atoms with van der Waals surface area (Å²) in [6.07, 6.45) is 8.06. The summed E-state index contributed by atoms with van der Waals surface area (Å²) in [5, 5.41) is 0. The third-order valence-electron chi connectivity index (χ3n) is 10.3. The minimum Gasteiger partial charge on any atom is -0.0985 e. The SMILES string of the molecule is C=C/C(=C\C)c1ccc(-c2ccc3c(c2)C2(c4ccccc4-c4ccccc42)c2cc(-c4ccc(/C(C=C)=C/C)cc4)ccc2-3)cc1. The van der Waals surface area contributed by atoms with Gasteiger partial charge in [0.05, 0.1) is 5.41 Å². The summed E-state index contributed by atoms with van der Waals surface area (Å²) in [5.41, 5.74) is 19.8. The molecule has 0 heterocycles. The van der Waals surface area contributed by atoms with Gasteiger partial charge in [0.1, 0.15) is 0 Å². The lowest BCUT2D eigenvalue weighted by Gasteiger charge is -2.31. The molecular weight excluding hydrogens is 565 g/mol. The Morgan fingerprint density at radius 2 is 0.787 bits per heavy atom. The number of hydrogen-bond donors (Lipinski definition) is 0. The van der Waals surface area contributed by atoms with Crippen LogP contribution in [0.5, 0.6) is 0 Å². The van der Waals surface area contributed by atoms with Gasteiger partial charge in [-0.2, -0.15) is 0 Å². The summed E-state index contributed by atoms with van der Waals surface area (Å²) < 4.78 is 0. The Balaban J connectivity index is 1.35. The van der Waals surface area contributed by atoms with E-state index in [2.05, 4.69) is 173 Å². The van der Waals surface area contributed by atoms with E-state index in [1.54, 1.807) is 0 Å². The van der Waals surface area contributed by atoms with Crippen molar-refractivity contribution in [3.63, 3.8) is 0 Å². The number of allylic oxidation sites excluding steroid dienone is 6. The molecule has 0 amide bonds. The van der Waals surface area contributed by atoms with Crippen molar-refractivity contribution in [2.75, 3.05) is 0 Å². The maximum atomic E-state index is 3.99. The highest BCUT2D eigenvalue weighted by Crippen LogP contribution is 2.63. The number of hydrogen-bond acceptors (Lipinski definition) is 0. The first-order chi connectivity index (χ1) is 23.1. The van der Waals surface area contributed by atoms with Crippen LogP contribution in [0.15, 0.2) is 171 Å². The fraction of sp³-hybridized carbons (Fsp3) is 0.0638. The van der Waals surface area contributed by atoms with Gasteiger partial charge in [0.25, 0.3) is 0 Å². The largest absolute Gasteiger partial charge is 0.0985 e. The standard InChI is InChI=1S/C47H36/c1-5-31(6-2)33-17-21-35(22-18-33)37-25-27-41-42-28-26-38(36-23-19-34(20-24-36)32(7-3)8-4)30-46(42)47(45(41)29-37)43-15-11-9-13-39(43)40-14-10-12-16-44(40)47/h5-30H,1,3H2,2,4H3/b31-6+,32-8+. The molecule has 224 valence electrons. The maximum Gasteiger partial charge on any atom is 0.0725 e. The van der Waals surface area contributed by atoms with E-state index in [1.807, 2.05) is 12.2 Å². The van der Waals surface area contributed by atoms with E-state index < -0.39 is 5.41 Å². The topological polar surface area (TPSA) is 0 Å². The third kappa shape index (κ3) is 4.22. The highest BCUT2D eigenvalue weighted by atomic mass is 14.5. The van der Waals surface area contributed by atoms with Crippen molar-refractivity contribution >= 4 is 11.1 Å². The van der Waals surface area contributed by atoms with Gasteiger partial charge in [0, 0.05) is 0 Å². The molecule has 8 rings (SSSR count). The van der Waals surface area contributed by atoms with Crippen LogP contribution in [0, 0.1) is 0 Å². The number of benzene rings is 6. The molecule has 0 unspecified atom stereocenters. The van der Waals surface area contributed by atoms with Gasteiger partial charge in [-0.25, -0.2) is 0 Å². The van der Waals surface area contributed by atoms with Gasteiger partial charge in [-0.15, -0.1) is 0 Å². The smallest absolute Gasteiger partial charge is 0.0725 e. The van der Waals surface area contributed by atoms with Crippen molar-refractivity contribution in [2.45, 2.75) is 19.3 Å². The minimum atomic E-state index is -0.411. The van der Waals surface area contributed by atoms with Crippen molar-refractivity contribution in [3.05, 3.63) is 204 Å². The van der Waals surface area contributed by atoms with Gasteiger partial charge >= 0.3 is 0 Å². The fourth-order valence-corrected chi connectivity index (χ4v) is 8.01. The van der Waals surface area contributed by atoms with Crippen molar-refractivity contribution in [3.8, 4) is 44.5 Å². The van der Waals surface area contributed by atoms with E-state index in [0.717, 1.165) is 11.1 Å². The van der Waals surface area contributed by atoms with E-state index in [9.17, 15) is 0 Å². The van der Waals surface area contributed by atoms with Crippen LogP contribution < -0.4 is 0 Å². The predicted molar refractivity (Wildman–Crippen MR) is 201 cm³/mol. The molecule has 0 fully saturated rings. The van der Waals surface area contributed by atoms with Gasteiger partial charge in [0.15, 0.2) is 0 Å². The Bertz CT molecular complexity index is 2100. The zero-order chi connectivity index (χ0) is 32.1. The van der Waals surface area contributed by atoms with Crippen LogP contribution in [0.2, 0.25) is 0 Å². The summed E-state index contributed by atoms with van der Waals surface area (Å²) in [6.45, 7) is 12.1. The first-order valence-electron chi connectivity index (χ1n) is 16.4. The van der Waals surface area contributed by atoms with E-state index in [0.29, 0.717) is 0 Å². The molecule has 0 atom stereocenters. The van der Waals surface area contributed by atoms with Crippen molar-refractivity contribution in [1.82, 2.24) is 0 Å². The summed E-state index contributed by atoms with van der Waals surface area (Å²) in [5.74, 6) is 0. The zero-order valence-electron chi connectivity index (χ0n) is 26.9. The van der Waals surface area contributed by atoms with Gasteiger partial charge in [-0.3, -0.25) is 0 Å². The van der Waals surface area contributed by atoms with Crippen molar-refractivity contribution < 1.29 is 0 Å². The molecule has 0 radical (unpaired) electrons. The Labute approximate surface area is 278 Å². The molecule has 6 aromatic carbocycles. The Kier molecular flexibility index (Phi) is 6.89. The molecule has 0 aliphatic heterocycles. The Morgan fingerprint density at radius 3 is 1.17 bits per heavy atom. The second-order valence-corrected chi connectivity index (χ2v) is 12.4. The third-order valence-corrected chi connectivity index (χ3v) is 10.3. The van der Waals surface area contributed by atoms with E-state index in [4.69, 9.17) is 0 Å². The van der Waals surface area contributed by atoms with Gasteiger partial charge < -0.3 is 0 Å². The number of rotatable bonds is 6. The summed E-state index contributed by atoms with van der Waals surface area (Å²) in [7, 11) is 0. The van der Waals surface area contributed by atoms with Crippen LogP contribution in [0.4, 0.5) is 0 Å². The molecule has 2 aliphatic carbocycles. The summed E-state index contributed by atoms with van der Waals surface area (Å²) in [4.78, 5) is 0. The van der Waals surface area contributed by atoms with Gasteiger partial charge in [-0.1, -0.05) is 159 Å². The van der Waals surface area contributed by atoms with Crippen molar-refractivity contribution in [1.29, 1.82) is 0 Å². The first kappa shape index (κ1) is 28.7. The molecule has 0 bridgehead atoms. The van der Waals surface area contributed by atoms with Crippen LogP contribution >= 0.6 is 0 Å². The predicted octanol–water partition coefficient (Wildman–Crippen LogP) is 12.5. The molecule has 0 N–H and O–H groups in total. The molecule has 6 aromatic rings. The first-order valence-corrected chi connectivity index (χ1v) is 16.4. The second kappa shape index (κ2) is 11.3. The molecule has 0 nitrogen and oxygen atoms in total. The highest BCUT2D eigenvalue weighted by molar-refractivity contribution is 5.97. The Hall–Kier alpha value is -5.72. The zero-order valence-corrected chi connectivity index (χ0v) is 26.9. The van der Waals surface area contributed by atoms with Crippen LogP contribution in [0.25, 0.3) is 55.7 Å². The molecular formula is C47H36. The van der Waals surface area contributed by atoms with Crippen LogP contribution in [-0.4, -0.2) is 0 Å². The quantitative estimate of drug-likeness (QED) is 0.167. The van der Waals surface area contributed by atoms with E-state index in [-0.39, 0.29) is 0 Å². The molecule has 0 saturated heterocycles. The van der Waals surface area contributed by atoms with Gasteiger partial charge in [0.2, 0.25) is 0 Å². The van der Waals surface area contributed by atoms with Crippen LogP contribution in [0.1, 0.15) is 47.2 Å². The summed E-state index contributed by atoms with van der Waals surface area (Å²) >= 11 is 0. The molecule has 47 heavy (non-hydrogen) atoms. The molecule has 0 heteroatoms. The van der Waals surface area contributed by atoms with E-state index >= 15 is 0 Å². The van der Waals surface area contributed by atoms with E-state index in [1.165, 1.54) is 77.9 Å². The maximum absolute atomic E-state index is 3.99. The highest BCUT2D eigenvalue weighted by Gasteiger charge is 2.51. The fourth-order valence-electron chi connectivity index (χ4n) is 8.01. The molecule has 2 aliphatic rings. The minimum absolute atomic E-state index is 0.411. The normalized spacial score (nSPS) is 13.9.